The number of hydrogen-bond donors (Lipinski definition) is 1. The maximum atomic E-state index is 13.0. The largest absolute Gasteiger partial charge is 0.493 e. The molecule has 0 atom stereocenters. The third-order valence-electron chi connectivity index (χ3n) is 4.36. The molecule has 11 heteroatoms. The number of hydrogen-bond acceptors (Lipinski definition) is 7. The van der Waals surface area contributed by atoms with Gasteiger partial charge < -0.3 is 19.6 Å². The highest BCUT2D eigenvalue weighted by Gasteiger charge is 2.14. The molecule has 0 bridgehead atoms. The van der Waals surface area contributed by atoms with E-state index in [1.54, 1.807) is 24.3 Å². The normalized spacial score (nSPS) is 10.7. The summed E-state index contributed by atoms with van der Waals surface area (Å²) in [7, 11) is 1.45. The first-order valence-electron chi connectivity index (χ1n) is 9.80. The summed E-state index contributed by atoms with van der Waals surface area (Å²) in [5.74, 6) is -0.169. The van der Waals surface area contributed by atoms with Crippen LogP contribution >= 0.6 is 15.9 Å². The van der Waals surface area contributed by atoms with Gasteiger partial charge in [-0.05, 0) is 57.9 Å². The van der Waals surface area contributed by atoms with Crippen molar-refractivity contribution in [3.63, 3.8) is 0 Å². The van der Waals surface area contributed by atoms with Gasteiger partial charge in [0.15, 0.2) is 18.1 Å². The molecule has 3 aromatic carbocycles. The van der Waals surface area contributed by atoms with Crippen molar-refractivity contribution in [3.05, 3.63) is 92.2 Å². The monoisotopic (exact) mass is 531 g/mol. The van der Waals surface area contributed by atoms with Gasteiger partial charge in [-0.1, -0.05) is 17.3 Å². The number of benzene rings is 3. The lowest BCUT2D eigenvalue weighted by atomic mass is 10.2. The Kier molecular flexibility index (Phi) is 8.52. The zero-order valence-corrected chi connectivity index (χ0v) is 19.5. The summed E-state index contributed by atoms with van der Waals surface area (Å²) in [6.07, 6.45) is 1.44. The number of nitrogens with zero attached hydrogens (tertiary/aromatic N) is 2. The van der Waals surface area contributed by atoms with Crippen LogP contribution in [0.4, 0.5) is 15.8 Å². The molecule has 0 aliphatic rings. The summed E-state index contributed by atoms with van der Waals surface area (Å²) in [6.45, 7) is -0.243. The summed E-state index contributed by atoms with van der Waals surface area (Å²) in [5.41, 5.74) is 1.64. The molecule has 3 aromatic rings. The van der Waals surface area contributed by atoms with E-state index in [0.29, 0.717) is 32.8 Å². The number of amides is 1. The molecule has 0 aliphatic carbocycles. The van der Waals surface area contributed by atoms with Crippen molar-refractivity contribution in [3.8, 4) is 11.5 Å². The SMILES string of the molecule is COc1cc(/C=N\OCc2cccc([N+](=O)[O-])c2)cc(Br)c1OCC(=O)Nc1ccc(F)cc1. The number of nitro groups is 1. The number of rotatable bonds is 10. The lowest BCUT2D eigenvalue weighted by molar-refractivity contribution is -0.384. The quantitative estimate of drug-likeness (QED) is 0.222. The van der Waals surface area contributed by atoms with E-state index in [-0.39, 0.29) is 18.9 Å². The first-order valence-corrected chi connectivity index (χ1v) is 10.6. The third kappa shape index (κ3) is 7.01. The van der Waals surface area contributed by atoms with Gasteiger partial charge in [0.1, 0.15) is 12.4 Å². The third-order valence-corrected chi connectivity index (χ3v) is 4.95. The molecule has 1 amide bonds. The van der Waals surface area contributed by atoms with Gasteiger partial charge in [-0.2, -0.15) is 0 Å². The summed E-state index contributed by atoms with van der Waals surface area (Å²) in [6, 6.07) is 14.8. The van der Waals surface area contributed by atoms with Gasteiger partial charge in [0.25, 0.3) is 11.6 Å². The zero-order valence-electron chi connectivity index (χ0n) is 17.9. The van der Waals surface area contributed by atoms with E-state index in [9.17, 15) is 19.3 Å². The first-order chi connectivity index (χ1) is 16.4. The standard InChI is InChI=1S/C23H19BrFN3O6/c1-32-21-11-16(12-26-34-13-15-3-2-4-19(9-15)28(30)31)10-20(24)23(21)33-14-22(29)27-18-7-5-17(25)6-8-18/h2-12H,13-14H2,1H3,(H,27,29)/b26-12-. The number of oxime groups is 1. The molecular formula is C23H19BrFN3O6. The molecule has 0 aromatic heterocycles. The summed E-state index contributed by atoms with van der Waals surface area (Å²) in [4.78, 5) is 27.7. The molecule has 0 spiro atoms. The van der Waals surface area contributed by atoms with Crippen LogP contribution in [0.2, 0.25) is 0 Å². The van der Waals surface area contributed by atoms with Crippen LogP contribution in [0.25, 0.3) is 0 Å². The molecule has 0 unspecified atom stereocenters. The molecule has 1 N–H and O–H groups in total. The number of carbonyl (C=O) groups excluding carboxylic acids is 1. The number of nitro benzene ring substituents is 1. The topological polar surface area (TPSA) is 112 Å². The first kappa shape index (κ1) is 24.6. The Bertz CT molecular complexity index is 1200. The number of halogens is 2. The highest BCUT2D eigenvalue weighted by molar-refractivity contribution is 9.10. The van der Waals surface area contributed by atoms with Crippen molar-refractivity contribution in [2.75, 3.05) is 19.0 Å². The number of methoxy groups -OCH3 is 1. The van der Waals surface area contributed by atoms with Crippen LogP contribution in [0.3, 0.4) is 0 Å². The summed E-state index contributed by atoms with van der Waals surface area (Å²) in [5, 5.41) is 17.3. The van der Waals surface area contributed by atoms with Crippen molar-refractivity contribution in [1.82, 2.24) is 0 Å². The number of non-ortho nitro benzene ring substituents is 1. The van der Waals surface area contributed by atoms with Crippen molar-refractivity contribution >= 4 is 39.4 Å². The maximum Gasteiger partial charge on any atom is 0.269 e. The number of carbonyl (C=O) groups is 1. The Morgan fingerprint density at radius 2 is 1.97 bits per heavy atom. The molecule has 0 radical (unpaired) electrons. The predicted octanol–water partition coefficient (Wildman–Crippen LogP) is 5.07. The molecule has 3 rings (SSSR count). The van der Waals surface area contributed by atoms with Crippen molar-refractivity contribution in [2.24, 2.45) is 5.16 Å². The number of nitrogens with one attached hydrogen (secondary N) is 1. The van der Waals surface area contributed by atoms with Crippen molar-refractivity contribution in [1.29, 1.82) is 0 Å². The van der Waals surface area contributed by atoms with E-state index in [4.69, 9.17) is 14.3 Å². The summed E-state index contributed by atoms with van der Waals surface area (Å²) >= 11 is 3.39. The van der Waals surface area contributed by atoms with Crippen LogP contribution in [0, 0.1) is 15.9 Å². The second-order valence-electron chi connectivity index (χ2n) is 6.81. The van der Waals surface area contributed by atoms with Crippen LogP contribution in [-0.2, 0) is 16.2 Å². The van der Waals surface area contributed by atoms with Crippen LogP contribution in [0.5, 0.6) is 11.5 Å². The minimum Gasteiger partial charge on any atom is -0.493 e. The second-order valence-corrected chi connectivity index (χ2v) is 7.67. The van der Waals surface area contributed by atoms with E-state index in [0.717, 1.165) is 0 Å². The average Bonchev–Trinajstić information content (AvgIpc) is 2.82. The molecule has 34 heavy (non-hydrogen) atoms. The molecule has 176 valence electrons. The van der Waals surface area contributed by atoms with Gasteiger partial charge in [0.05, 0.1) is 22.7 Å². The van der Waals surface area contributed by atoms with E-state index >= 15 is 0 Å². The Morgan fingerprint density at radius 1 is 1.21 bits per heavy atom. The predicted molar refractivity (Wildman–Crippen MR) is 127 cm³/mol. The van der Waals surface area contributed by atoms with E-state index in [1.165, 1.54) is 49.7 Å². The molecule has 0 saturated heterocycles. The Hall–Kier alpha value is -3.99. The number of ether oxygens (including phenoxy) is 2. The Morgan fingerprint density at radius 3 is 2.68 bits per heavy atom. The average molecular weight is 532 g/mol. The molecule has 0 heterocycles. The molecule has 0 fully saturated rings. The van der Waals surface area contributed by atoms with Crippen LogP contribution in [0.1, 0.15) is 11.1 Å². The van der Waals surface area contributed by atoms with Gasteiger partial charge in [-0.3, -0.25) is 14.9 Å². The zero-order chi connectivity index (χ0) is 24.5. The fourth-order valence-corrected chi connectivity index (χ4v) is 3.37. The highest BCUT2D eigenvalue weighted by atomic mass is 79.9. The van der Waals surface area contributed by atoms with Gasteiger partial charge in [0.2, 0.25) is 0 Å². The van der Waals surface area contributed by atoms with Crippen LogP contribution in [-0.4, -0.2) is 30.8 Å². The van der Waals surface area contributed by atoms with Crippen molar-refractivity contribution < 1.29 is 28.4 Å². The van der Waals surface area contributed by atoms with E-state index in [1.807, 2.05) is 0 Å². The lowest BCUT2D eigenvalue weighted by Crippen LogP contribution is -2.20. The fourth-order valence-electron chi connectivity index (χ4n) is 2.79. The highest BCUT2D eigenvalue weighted by Crippen LogP contribution is 2.36. The van der Waals surface area contributed by atoms with Gasteiger partial charge in [-0.25, -0.2) is 4.39 Å². The van der Waals surface area contributed by atoms with Gasteiger partial charge in [0, 0.05) is 23.4 Å². The van der Waals surface area contributed by atoms with E-state index < -0.39 is 16.6 Å². The smallest absolute Gasteiger partial charge is 0.269 e. The number of anilines is 1. The Balaban J connectivity index is 1.59. The molecule has 0 saturated carbocycles. The molecule has 9 nitrogen and oxygen atoms in total. The van der Waals surface area contributed by atoms with Gasteiger partial charge in [-0.15, -0.1) is 0 Å². The van der Waals surface area contributed by atoms with Crippen LogP contribution in [0.15, 0.2) is 70.3 Å². The van der Waals surface area contributed by atoms with Gasteiger partial charge >= 0.3 is 0 Å². The van der Waals surface area contributed by atoms with Crippen LogP contribution < -0.4 is 14.8 Å². The minimum absolute atomic E-state index is 0.0271. The second kappa shape index (κ2) is 11.8. The molecular weight excluding hydrogens is 513 g/mol. The summed E-state index contributed by atoms with van der Waals surface area (Å²) < 4.78 is 24.4. The van der Waals surface area contributed by atoms with E-state index in [2.05, 4.69) is 26.4 Å². The lowest BCUT2D eigenvalue weighted by Gasteiger charge is -2.13. The Labute approximate surface area is 202 Å². The fraction of sp³-hybridized carbons (Fsp3) is 0.130. The minimum atomic E-state index is -0.480. The maximum absolute atomic E-state index is 13.0. The van der Waals surface area contributed by atoms with Crippen molar-refractivity contribution in [2.45, 2.75) is 6.61 Å². The molecule has 0 aliphatic heterocycles.